The van der Waals surface area contributed by atoms with Crippen molar-refractivity contribution in [1.29, 1.82) is 0 Å². The molecule has 0 aliphatic heterocycles. The van der Waals surface area contributed by atoms with Crippen molar-refractivity contribution >= 4 is 58.9 Å². The fourth-order valence-corrected chi connectivity index (χ4v) is 8.56. The van der Waals surface area contributed by atoms with Crippen molar-refractivity contribution in [3.63, 3.8) is 0 Å². The molecule has 20 nitrogen and oxygen atoms in total. The maximum absolute atomic E-state index is 13.9. The van der Waals surface area contributed by atoms with Crippen molar-refractivity contribution < 1.29 is 43.2 Å². The van der Waals surface area contributed by atoms with E-state index in [1.54, 1.807) is 65.2 Å². The number of anilines is 1. The van der Waals surface area contributed by atoms with E-state index in [0.717, 1.165) is 64.2 Å². The lowest BCUT2D eigenvalue weighted by Gasteiger charge is -2.32. The highest BCUT2D eigenvalue weighted by molar-refractivity contribution is 6.38. The molecule has 2 fully saturated rings. The molecule has 2 aromatic rings. The Morgan fingerprint density at radius 3 is 1.96 bits per heavy atom. The molecule has 372 valence electrons. The zero-order valence-corrected chi connectivity index (χ0v) is 40.1. The topological polar surface area (TPSA) is 270 Å². The van der Waals surface area contributed by atoms with E-state index in [9.17, 15) is 43.2 Å². The van der Waals surface area contributed by atoms with Gasteiger partial charge in [-0.05, 0) is 62.0 Å². The highest BCUT2D eigenvalue weighted by Gasteiger charge is 2.36. The molecule has 0 unspecified atom stereocenters. The maximum Gasteiger partial charge on any atom is 0.321 e. The molecule has 2 aliphatic carbocycles. The van der Waals surface area contributed by atoms with Crippen molar-refractivity contribution in [2.24, 2.45) is 17.8 Å². The summed E-state index contributed by atoms with van der Waals surface area (Å²) in [5.74, 6) is -5.63. The Morgan fingerprint density at radius 1 is 0.721 bits per heavy atom. The van der Waals surface area contributed by atoms with Crippen molar-refractivity contribution in [1.82, 2.24) is 51.7 Å². The van der Waals surface area contributed by atoms with Crippen molar-refractivity contribution in [2.75, 3.05) is 45.6 Å². The number of nitrogens with one attached hydrogen (secondary N) is 7. The molecule has 20 heteroatoms. The number of hydrogen-bond donors (Lipinski definition) is 7. The number of likely N-dealkylation sites (N-methyl/N-ethyl adjacent to an activating group) is 1. The predicted octanol–water partition coefficient (Wildman–Crippen LogP) is 2.46. The molecule has 0 spiro atoms. The first kappa shape index (κ1) is 54.1. The number of rotatable bonds is 24. The van der Waals surface area contributed by atoms with Gasteiger partial charge in [0, 0.05) is 58.2 Å². The van der Waals surface area contributed by atoms with Crippen LogP contribution in [0.1, 0.15) is 115 Å². The summed E-state index contributed by atoms with van der Waals surface area (Å²) in [6, 6.07) is 4.18. The van der Waals surface area contributed by atoms with Crippen LogP contribution >= 0.6 is 0 Å². The summed E-state index contributed by atoms with van der Waals surface area (Å²) < 4.78 is 0. The van der Waals surface area contributed by atoms with Crippen LogP contribution < -0.4 is 37.2 Å². The molecular formula is C48H71N11O9. The number of Topliss-reactive ketones (excluding diaryl/α,β-unsaturated/α-hetero) is 1. The van der Waals surface area contributed by atoms with E-state index in [4.69, 9.17) is 0 Å². The molecule has 4 atom stereocenters. The number of carbonyl (C=O) groups is 9. The molecule has 1 heterocycles. The van der Waals surface area contributed by atoms with E-state index < -0.39 is 78.0 Å². The van der Waals surface area contributed by atoms with Gasteiger partial charge in [-0.15, -0.1) is 0 Å². The third-order valence-electron chi connectivity index (χ3n) is 12.3. The van der Waals surface area contributed by atoms with Crippen LogP contribution in [0.2, 0.25) is 0 Å². The van der Waals surface area contributed by atoms with Gasteiger partial charge in [0.05, 0.1) is 18.8 Å². The fourth-order valence-electron chi connectivity index (χ4n) is 8.56. The van der Waals surface area contributed by atoms with Crippen LogP contribution in [0.4, 0.5) is 10.5 Å². The van der Waals surface area contributed by atoms with E-state index in [1.807, 2.05) is 0 Å². The number of ketones is 1. The van der Waals surface area contributed by atoms with Crippen LogP contribution in [-0.4, -0.2) is 137 Å². The summed E-state index contributed by atoms with van der Waals surface area (Å²) >= 11 is 0. The van der Waals surface area contributed by atoms with E-state index in [-0.39, 0.29) is 61.8 Å². The second-order valence-electron chi connectivity index (χ2n) is 18.1. The Labute approximate surface area is 399 Å². The molecule has 0 bridgehead atoms. The minimum absolute atomic E-state index is 0.0380. The van der Waals surface area contributed by atoms with Crippen molar-refractivity contribution in [2.45, 2.75) is 128 Å². The number of amides is 9. The Bertz CT molecular complexity index is 2010. The summed E-state index contributed by atoms with van der Waals surface area (Å²) in [5.41, 5.74) is 0.548. The lowest BCUT2D eigenvalue weighted by molar-refractivity contribution is -0.141. The van der Waals surface area contributed by atoms with Gasteiger partial charge in [-0.3, -0.25) is 43.3 Å². The number of para-hydroxylation sites is 1. The Hall–Kier alpha value is -6.47. The summed E-state index contributed by atoms with van der Waals surface area (Å²) in [4.78, 5) is 131. The molecule has 2 aliphatic rings. The van der Waals surface area contributed by atoms with E-state index >= 15 is 0 Å². The van der Waals surface area contributed by atoms with Crippen molar-refractivity contribution in [3.05, 3.63) is 54.6 Å². The van der Waals surface area contributed by atoms with Crippen LogP contribution in [0, 0.1) is 17.8 Å². The van der Waals surface area contributed by atoms with Gasteiger partial charge in [0.15, 0.2) is 0 Å². The smallest absolute Gasteiger partial charge is 0.321 e. The molecule has 4 rings (SSSR count). The first-order chi connectivity index (χ1) is 32.6. The minimum atomic E-state index is -1.21. The molecule has 2 saturated carbocycles. The molecule has 9 amide bonds. The van der Waals surface area contributed by atoms with Gasteiger partial charge >= 0.3 is 6.03 Å². The third kappa shape index (κ3) is 17.3. The van der Waals surface area contributed by atoms with Gasteiger partial charge in [-0.2, -0.15) is 0 Å². The fraction of sp³-hybridized carbons (Fsp3) is 0.604. The number of benzene rings is 1. The van der Waals surface area contributed by atoms with E-state index in [1.165, 1.54) is 28.4 Å². The number of carbonyl (C=O) groups excluding carboxylic acids is 9. The number of nitrogens with zero attached hydrogens (tertiary/aromatic N) is 4. The van der Waals surface area contributed by atoms with Gasteiger partial charge in [-0.25, -0.2) is 9.78 Å². The largest absolute Gasteiger partial charge is 0.353 e. The van der Waals surface area contributed by atoms with Crippen LogP contribution in [0.5, 0.6) is 0 Å². The average molecular weight is 946 g/mol. The standard InChI is InChI=1S/C48H71N11O9/c1-6-16-35(42(62)46(66)52-30-38(61)55-41(47(67)58(4)5)33-19-12-8-13-20-33)54-37(60)23-27-59(48(68)53-34-21-14-9-15-22-34)28-26-51-44(64)39(31(2)3)56-45(65)40(32-17-10-7-11-18-32)57-43(63)36-29-49-24-25-50-36/h9,14-15,21-22,24-25,29,31-33,35,39-41H,6-8,10-13,16-20,23,26-28,30H2,1-5H3,(H,51,64)(H,52,66)(H,53,68)(H,54,60)(H,55,61)(H,56,65)(H,57,63)/t35-,39-,40-,41-/m0/s1. The molecule has 0 saturated heterocycles. The van der Waals surface area contributed by atoms with Gasteiger partial charge < -0.3 is 47.0 Å². The lowest BCUT2D eigenvalue weighted by atomic mass is 9.83. The van der Waals surface area contributed by atoms with Crippen LogP contribution in [0.15, 0.2) is 48.9 Å². The van der Waals surface area contributed by atoms with Crippen molar-refractivity contribution in [3.8, 4) is 0 Å². The Kier molecular flexibility index (Phi) is 22.3. The maximum atomic E-state index is 13.9. The van der Waals surface area contributed by atoms with E-state index in [2.05, 4.69) is 47.2 Å². The van der Waals surface area contributed by atoms with Crippen LogP contribution in [0.3, 0.4) is 0 Å². The summed E-state index contributed by atoms with van der Waals surface area (Å²) in [7, 11) is 3.22. The molecule has 1 aromatic carbocycles. The zero-order valence-electron chi connectivity index (χ0n) is 40.1. The van der Waals surface area contributed by atoms with Gasteiger partial charge in [0.2, 0.25) is 35.3 Å². The first-order valence-corrected chi connectivity index (χ1v) is 24.0. The highest BCUT2D eigenvalue weighted by atomic mass is 16.2. The third-order valence-corrected chi connectivity index (χ3v) is 12.3. The molecule has 0 radical (unpaired) electrons. The SMILES string of the molecule is CCC[C@H](NC(=O)CCN(CCNC(=O)[C@@H](NC(=O)[C@@H](NC(=O)c1cnccn1)C1CCCCC1)C(C)C)C(=O)Nc1ccccc1)C(=O)C(=O)NCC(=O)N[C@H](C(=O)N(C)C)C1CCCCC1. The van der Waals surface area contributed by atoms with E-state index in [0.29, 0.717) is 12.1 Å². The minimum Gasteiger partial charge on any atom is -0.353 e. The average Bonchev–Trinajstić information content (AvgIpc) is 3.34. The van der Waals surface area contributed by atoms with Crippen LogP contribution in [0.25, 0.3) is 0 Å². The molecule has 68 heavy (non-hydrogen) atoms. The molecule has 7 N–H and O–H groups in total. The summed E-state index contributed by atoms with van der Waals surface area (Å²) in [5, 5.41) is 19.0. The second kappa shape index (κ2) is 28.0. The lowest BCUT2D eigenvalue weighted by Crippen LogP contribution is -2.58. The Balaban J connectivity index is 1.35. The Morgan fingerprint density at radius 2 is 1.37 bits per heavy atom. The number of hydrogen-bond acceptors (Lipinski definition) is 11. The predicted molar refractivity (Wildman–Crippen MR) is 253 cm³/mol. The van der Waals surface area contributed by atoms with Gasteiger partial charge in [0.1, 0.15) is 23.8 Å². The zero-order chi connectivity index (χ0) is 49.6. The molecule has 1 aromatic heterocycles. The highest BCUT2D eigenvalue weighted by Crippen LogP contribution is 2.28. The normalized spacial score (nSPS) is 15.9. The van der Waals surface area contributed by atoms with Crippen LogP contribution in [-0.2, 0) is 33.6 Å². The number of aromatic nitrogens is 2. The quantitative estimate of drug-likeness (QED) is 0.0752. The number of urea groups is 1. The second-order valence-corrected chi connectivity index (χ2v) is 18.1. The first-order valence-electron chi connectivity index (χ1n) is 24.0. The monoisotopic (exact) mass is 946 g/mol. The molecular weight excluding hydrogens is 875 g/mol. The van der Waals surface area contributed by atoms with Gasteiger partial charge in [0.25, 0.3) is 11.8 Å². The summed E-state index contributed by atoms with van der Waals surface area (Å²) in [6.07, 6.45) is 13.2. The summed E-state index contributed by atoms with van der Waals surface area (Å²) in [6.45, 7) is 4.52. The van der Waals surface area contributed by atoms with Gasteiger partial charge in [-0.1, -0.05) is 83.9 Å².